The Hall–Kier alpha value is -2.60. The van der Waals surface area contributed by atoms with Crippen molar-refractivity contribution in [3.63, 3.8) is 0 Å². The van der Waals surface area contributed by atoms with Crippen molar-refractivity contribution in [1.82, 2.24) is 9.80 Å². The van der Waals surface area contributed by atoms with Gasteiger partial charge in [0.05, 0.1) is 20.2 Å². The summed E-state index contributed by atoms with van der Waals surface area (Å²) in [5.41, 5.74) is 1.02. The van der Waals surface area contributed by atoms with Crippen LogP contribution in [-0.2, 0) is 16.1 Å². The van der Waals surface area contributed by atoms with Gasteiger partial charge in [0, 0.05) is 19.6 Å². The van der Waals surface area contributed by atoms with Gasteiger partial charge in [0.2, 0.25) is 5.91 Å². The summed E-state index contributed by atoms with van der Waals surface area (Å²) < 4.78 is 5.23. The van der Waals surface area contributed by atoms with Crippen molar-refractivity contribution >= 4 is 22.6 Å². The van der Waals surface area contributed by atoms with Gasteiger partial charge in [-0.05, 0) is 48.4 Å². The summed E-state index contributed by atoms with van der Waals surface area (Å²) >= 11 is 0. The number of nitrogens with zero attached hydrogens (tertiary/aromatic N) is 2. The van der Waals surface area contributed by atoms with Crippen LogP contribution in [0.5, 0.6) is 5.75 Å². The molecule has 6 nitrogen and oxygen atoms in total. The lowest BCUT2D eigenvalue weighted by molar-refractivity contribution is -0.140. The Kier molecular flexibility index (Phi) is 6.58. The van der Waals surface area contributed by atoms with Crippen LogP contribution in [0.1, 0.15) is 19.4 Å². The van der Waals surface area contributed by atoms with Gasteiger partial charge in [-0.1, -0.05) is 18.2 Å². The maximum atomic E-state index is 12.5. The standard InChI is InChI=1S/C20H26N2O4/c1-14(2)22(13-20(24)25)12-19(23)21(3)11-15-5-6-17-10-18(26-4)8-7-16(17)9-15/h5-10,14H,11-13H2,1-4H3,(H,24,25). The molecule has 0 saturated heterocycles. The number of carbonyl (C=O) groups is 2. The van der Waals surface area contributed by atoms with E-state index in [9.17, 15) is 9.59 Å². The number of likely N-dealkylation sites (N-methyl/N-ethyl adjacent to an activating group) is 1. The molecule has 0 fully saturated rings. The summed E-state index contributed by atoms with van der Waals surface area (Å²) in [6.45, 7) is 4.18. The van der Waals surface area contributed by atoms with E-state index in [1.807, 2.05) is 44.2 Å². The molecule has 0 saturated carbocycles. The van der Waals surface area contributed by atoms with E-state index in [0.717, 1.165) is 22.1 Å². The van der Waals surface area contributed by atoms with Gasteiger partial charge in [-0.15, -0.1) is 0 Å². The highest BCUT2D eigenvalue weighted by atomic mass is 16.5. The van der Waals surface area contributed by atoms with E-state index in [4.69, 9.17) is 9.84 Å². The number of hydrogen-bond donors (Lipinski definition) is 1. The van der Waals surface area contributed by atoms with Crippen LogP contribution in [0.4, 0.5) is 0 Å². The second-order valence-corrected chi connectivity index (χ2v) is 6.69. The van der Waals surface area contributed by atoms with Crippen LogP contribution in [0, 0.1) is 0 Å². The summed E-state index contributed by atoms with van der Waals surface area (Å²) in [4.78, 5) is 26.7. The first-order chi connectivity index (χ1) is 12.3. The molecule has 0 aliphatic heterocycles. The number of carboxylic acids is 1. The van der Waals surface area contributed by atoms with Crippen LogP contribution in [0.2, 0.25) is 0 Å². The van der Waals surface area contributed by atoms with Gasteiger partial charge in [-0.2, -0.15) is 0 Å². The Morgan fingerprint density at radius 3 is 2.35 bits per heavy atom. The molecule has 0 spiro atoms. The zero-order valence-corrected chi connectivity index (χ0v) is 15.7. The third kappa shape index (κ3) is 5.20. The molecule has 6 heteroatoms. The van der Waals surface area contributed by atoms with Gasteiger partial charge >= 0.3 is 5.97 Å². The van der Waals surface area contributed by atoms with Crippen molar-refractivity contribution < 1.29 is 19.4 Å². The monoisotopic (exact) mass is 358 g/mol. The molecule has 2 rings (SSSR count). The van der Waals surface area contributed by atoms with Gasteiger partial charge in [0.25, 0.3) is 0 Å². The van der Waals surface area contributed by atoms with E-state index in [1.165, 1.54) is 0 Å². The minimum Gasteiger partial charge on any atom is -0.497 e. The van der Waals surface area contributed by atoms with Crippen LogP contribution in [0.3, 0.4) is 0 Å². The minimum atomic E-state index is -0.931. The smallest absolute Gasteiger partial charge is 0.317 e. The summed E-state index contributed by atoms with van der Waals surface area (Å²) in [6.07, 6.45) is 0. The number of amides is 1. The minimum absolute atomic E-state index is 0.0147. The van der Waals surface area contributed by atoms with E-state index in [0.29, 0.717) is 6.54 Å². The van der Waals surface area contributed by atoms with Crippen molar-refractivity contribution in [3.8, 4) is 5.75 Å². The number of hydrogen-bond acceptors (Lipinski definition) is 4. The molecule has 26 heavy (non-hydrogen) atoms. The number of fused-ring (bicyclic) bond motifs is 1. The molecule has 0 atom stereocenters. The van der Waals surface area contributed by atoms with Crippen LogP contribution < -0.4 is 4.74 Å². The second kappa shape index (κ2) is 8.67. The average Bonchev–Trinajstić information content (AvgIpc) is 2.60. The normalized spacial score (nSPS) is 11.2. The SMILES string of the molecule is COc1ccc2cc(CN(C)C(=O)CN(CC(=O)O)C(C)C)ccc2c1. The number of carboxylic acid groups (broad SMARTS) is 1. The summed E-state index contributed by atoms with van der Waals surface area (Å²) in [6, 6.07) is 11.9. The molecule has 1 amide bonds. The van der Waals surface area contributed by atoms with Gasteiger partial charge in [-0.3, -0.25) is 14.5 Å². The van der Waals surface area contributed by atoms with E-state index in [1.54, 1.807) is 24.0 Å². The van der Waals surface area contributed by atoms with Crippen molar-refractivity contribution in [2.24, 2.45) is 0 Å². The van der Waals surface area contributed by atoms with Gasteiger partial charge in [0.15, 0.2) is 0 Å². The first-order valence-electron chi connectivity index (χ1n) is 8.56. The predicted molar refractivity (Wildman–Crippen MR) is 101 cm³/mol. The molecule has 0 bridgehead atoms. The molecular formula is C20H26N2O4. The number of ether oxygens (including phenoxy) is 1. The number of carbonyl (C=O) groups excluding carboxylic acids is 1. The molecule has 0 aliphatic rings. The third-order valence-electron chi connectivity index (χ3n) is 4.36. The highest BCUT2D eigenvalue weighted by molar-refractivity contribution is 5.85. The van der Waals surface area contributed by atoms with E-state index in [-0.39, 0.29) is 25.0 Å². The largest absolute Gasteiger partial charge is 0.497 e. The lowest BCUT2D eigenvalue weighted by Gasteiger charge is -2.26. The van der Waals surface area contributed by atoms with Crippen molar-refractivity contribution in [2.75, 3.05) is 27.2 Å². The predicted octanol–water partition coefficient (Wildman–Crippen LogP) is 2.60. The lowest BCUT2D eigenvalue weighted by atomic mass is 10.1. The summed E-state index contributed by atoms with van der Waals surface area (Å²) in [5, 5.41) is 11.1. The lowest BCUT2D eigenvalue weighted by Crippen LogP contribution is -2.43. The van der Waals surface area contributed by atoms with Crippen LogP contribution in [0.15, 0.2) is 36.4 Å². The molecule has 2 aromatic rings. The molecule has 0 radical (unpaired) electrons. The Balaban J connectivity index is 2.05. The first kappa shape index (κ1) is 19.7. The van der Waals surface area contributed by atoms with Crippen LogP contribution in [-0.4, -0.2) is 60.1 Å². The number of methoxy groups -OCH3 is 1. The van der Waals surface area contributed by atoms with Gasteiger partial charge in [-0.25, -0.2) is 0 Å². The molecule has 140 valence electrons. The highest BCUT2D eigenvalue weighted by Crippen LogP contribution is 2.22. The third-order valence-corrected chi connectivity index (χ3v) is 4.36. The van der Waals surface area contributed by atoms with E-state index >= 15 is 0 Å². The van der Waals surface area contributed by atoms with Crippen LogP contribution >= 0.6 is 0 Å². The maximum absolute atomic E-state index is 12.5. The zero-order valence-electron chi connectivity index (χ0n) is 15.7. The number of rotatable bonds is 8. The number of aliphatic carboxylic acids is 1. The fourth-order valence-corrected chi connectivity index (χ4v) is 2.75. The molecule has 0 unspecified atom stereocenters. The summed E-state index contributed by atoms with van der Waals surface area (Å²) in [7, 11) is 3.38. The highest BCUT2D eigenvalue weighted by Gasteiger charge is 2.19. The van der Waals surface area contributed by atoms with Crippen molar-refractivity contribution in [2.45, 2.75) is 26.4 Å². The fourth-order valence-electron chi connectivity index (χ4n) is 2.75. The van der Waals surface area contributed by atoms with Gasteiger partial charge < -0.3 is 14.7 Å². The molecule has 1 N–H and O–H groups in total. The molecule has 0 aromatic heterocycles. The van der Waals surface area contributed by atoms with Gasteiger partial charge in [0.1, 0.15) is 5.75 Å². The maximum Gasteiger partial charge on any atom is 0.317 e. The quantitative estimate of drug-likeness (QED) is 0.785. The fraction of sp³-hybridized carbons (Fsp3) is 0.400. The molecule has 0 aliphatic carbocycles. The molecule has 0 heterocycles. The number of benzene rings is 2. The Bertz CT molecular complexity index is 788. The van der Waals surface area contributed by atoms with Crippen molar-refractivity contribution in [1.29, 1.82) is 0 Å². The van der Waals surface area contributed by atoms with E-state index in [2.05, 4.69) is 6.07 Å². The molecule has 2 aromatic carbocycles. The van der Waals surface area contributed by atoms with Crippen LogP contribution in [0.25, 0.3) is 10.8 Å². The Morgan fingerprint density at radius 1 is 1.08 bits per heavy atom. The molecular weight excluding hydrogens is 332 g/mol. The Labute approximate surface area is 154 Å². The average molecular weight is 358 g/mol. The Morgan fingerprint density at radius 2 is 1.73 bits per heavy atom. The second-order valence-electron chi connectivity index (χ2n) is 6.69. The first-order valence-corrected chi connectivity index (χ1v) is 8.56. The zero-order chi connectivity index (χ0) is 19.3. The van der Waals surface area contributed by atoms with E-state index < -0.39 is 5.97 Å². The van der Waals surface area contributed by atoms with Crippen molar-refractivity contribution in [3.05, 3.63) is 42.0 Å². The summed E-state index contributed by atoms with van der Waals surface area (Å²) in [5.74, 6) is -0.223. The topological polar surface area (TPSA) is 70.1 Å².